The number of likely N-dealkylation sites (N-methyl/N-ethyl adjacent to an activating group) is 1. The first-order valence-corrected chi connectivity index (χ1v) is 9.60. The molecule has 1 N–H and O–H groups in total. The fraction of sp³-hybridized carbons (Fsp3) is 0.789. The number of carbonyl (C=O) groups is 1. The van der Waals surface area contributed by atoms with Gasteiger partial charge in [-0.25, -0.2) is 0 Å². The molecule has 1 amide bonds. The second-order valence-corrected chi connectivity index (χ2v) is 8.48. The van der Waals surface area contributed by atoms with Crippen molar-refractivity contribution >= 4 is 5.91 Å². The highest BCUT2D eigenvalue weighted by molar-refractivity contribution is 5.93. The van der Waals surface area contributed by atoms with Gasteiger partial charge in [0.2, 0.25) is 0 Å². The van der Waals surface area contributed by atoms with Crippen LogP contribution in [0.5, 0.6) is 0 Å². The van der Waals surface area contributed by atoms with Crippen molar-refractivity contribution in [2.45, 2.75) is 44.8 Å². The fourth-order valence-corrected chi connectivity index (χ4v) is 4.54. The van der Waals surface area contributed by atoms with Gasteiger partial charge in [-0.15, -0.1) is 0 Å². The van der Waals surface area contributed by atoms with E-state index in [9.17, 15) is 4.79 Å². The van der Waals surface area contributed by atoms with Crippen LogP contribution in [0, 0.1) is 24.7 Å². The fourth-order valence-electron chi connectivity index (χ4n) is 4.54. The van der Waals surface area contributed by atoms with Gasteiger partial charge in [0.05, 0.1) is 12.3 Å². The zero-order chi connectivity index (χ0) is 17.6. The minimum absolute atomic E-state index is 0.0984. The third-order valence-electron chi connectivity index (χ3n) is 6.32. The lowest BCUT2D eigenvalue weighted by atomic mass is 9.77. The van der Waals surface area contributed by atoms with Gasteiger partial charge in [-0.2, -0.15) is 5.10 Å². The van der Waals surface area contributed by atoms with Crippen molar-refractivity contribution in [3.8, 4) is 0 Å². The Hall–Kier alpha value is -1.40. The van der Waals surface area contributed by atoms with Crippen LogP contribution < -0.4 is 0 Å². The summed E-state index contributed by atoms with van der Waals surface area (Å²) in [5, 5.41) is 6.86. The molecule has 138 valence electrons. The Labute approximate surface area is 149 Å². The molecule has 2 heterocycles. The van der Waals surface area contributed by atoms with Crippen LogP contribution in [0.4, 0.5) is 0 Å². The molecule has 3 fully saturated rings. The van der Waals surface area contributed by atoms with E-state index in [-0.39, 0.29) is 5.91 Å². The molecule has 3 aliphatic rings. The molecule has 1 aromatic heterocycles. The molecule has 0 bridgehead atoms. The first-order chi connectivity index (χ1) is 12.0. The SMILES string of the molecule is Cc1cn[nH]c1C(=O)N1C[C@H]2C[C@@H](N(C)C)[C@H](OCC3CC3)C[C@H]2C1. The van der Waals surface area contributed by atoms with Gasteiger partial charge in [-0.05, 0) is 70.0 Å². The molecule has 0 aromatic carbocycles. The highest BCUT2D eigenvalue weighted by Crippen LogP contribution is 2.40. The monoisotopic (exact) mass is 346 g/mol. The van der Waals surface area contributed by atoms with Gasteiger partial charge in [0, 0.05) is 25.7 Å². The molecule has 1 saturated heterocycles. The lowest BCUT2D eigenvalue weighted by molar-refractivity contribution is -0.0493. The van der Waals surface area contributed by atoms with E-state index in [1.54, 1.807) is 6.20 Å². The van der Waals surface area contributed by atoms with Gasteiger partial charge in [0.25, 0.3) is 5.91 Å². The molecule has 0 spiro atoms. The van der Waals surface area contributed by atoms with Crippen LogP contribution in [0.15, 0.2) is 6.20 Å². The minimum Gasteiger partial charge on any atom is -0.376 e. The number of nitrogens with one attached hydrogen (secondary N) is 1. The molecule has 25 heavy (non-hydrogen) atoms. The van der Waals surface area contributed by atoms with Gasteiger partial charge in [0.1, 0.15) is 5.69 Å². The number of likely N-dealkylation sites (tertiary alicyclic amines) is 1. The second kappa shape index (κ2) is 6.72. The molecule has 4 atom stereocenters. The number of H-pyrrole nitrogens is 1. The van der Waals surface area contributed by atoms with Crippen molar-refractivity contribution in [3.05, 3.63) is 17.5 Å². The van der Waals surface area contributed by atoms with E-state index >= 15 is 0 Å². The first kappa shape index (κ1) is 17.0. The van der Waals surface area contributed by atoms with E-state index in [1.807, 2.05) is 11.8 Å². The molecule has 1 aliphatic heterocycles. The number of hydrogen-bond donors (Lipinski definition) is 1. The molecule has 6 nitrogen and oxygen atoms in total. The molecular weight excluding hydrogens is 316 g/mol. The number of aromatic amines is 1. The Bertz CT molecular complexity index is 625. The second-order valence-electron chi connectivity index (χ2n) is 8.48. The van der Waals surface area contributed by atoms with Crippen molar-refractivity contribution in [1.29, 1.82) is 0 Å². The lowest BCUT2D eigenvalue weighted by Gasteiger charge is -2.41. The van der Waals surface area contributed by atoms with Crippen LogP contribution in [-0.2, 0) is 4.74 Å². The predicted octanol–water partition coefficient (Wildman–Crippen LogP) is 1.93. The van der Waals surface area contributed by atoms with Gasteiger partial charge in [-0.3, -0.25) is 9.89 Å². The van der Waals surface area contributed by atoms with E-state index in [0.29, 0.717) is 29.7 Å². The van der Waals surface area contributed by atoms with Crippen LogP contribution in [0.1, 0.15) is 41.7 Å². The summed E-state index contributed by atoms with van der Waals surface area (Å²) in [6, 6.07) is 0.462. The van der Waals surface area contributed by atoms with E-state index in [0.717, 1.165) is 44.0 Å². The topological polar surface area (TPSA) is 61.5 Å². The summed E-state index contributed by atoms with van der Waals surface area (Å²) in [6.45, 7) is 4.57. The third-order valence-corrected chi connectivity index (χ3v) is 6.32. The van der Waals surface area contributed by atoms with E-state index in [2.05, 4.69) is 29.2 Å². The van der Waals surface area contributed by atoms with E-state index in [1.165, 1.54) is 12.8 Å². The number of hydrogen-bond acceptors (Lipinski definition) is 4. The van der Waals surface area contributed by atoms with Crippen LogP contribution in [-0.4, -0.2) is 71.8 Å². The number of fused-ring (bicyclic) bond motifs is 1. The average molecular weight is 346 g/mol. The lowest BCUT2D eigenvalue weighted by Crippen LogP contribution is -2.48. The summed E-state index contributed by atoms with van der Waals surface area (Å²) in [4.78, 5) is 17.1. The van der Waals surface area contributed by atoms with Crippen LogP contribution in [0.2, 0.25) is 0 Å². The molecule has 6 heteroatoms. The molecular formula is C19H30N4O2. The Kier molecular flexibility index (Phi) is 4.58. The van der Waals surface area contributed by atoms with Gasteiger partial charge >= 0.3 is 0 Å². The smallest absolute Gasteiger partial charge is 0.272 e. The Balaban J connectivity index is 1.43. The average Bonchev–Trinajstić information content (AvgIpc) is 3.16. The highest BCUT2D eigenvalue weighted by atomic mass is 16.5. The summed E-state index contributed by atoms with van der Waals surface area (Å²) in [5.41, 5.74) is 1.57. The number of rotatable bonds is 5. The van der Waals surface area contributed by atoms with E-state index in [4.69, 9.17) is 4.74 Å². The number of ether oxygens (including phenoxy) is 1. The molecule has 2 aliphatic carbocycles. The number of aryl methyl sites for hydroxylation is 1. The molecule has 0 unspecified atom stereocenters. The summed E-state index contributed by atoms with van der Waals surface area (Å²) < 4.78 is 6.31. The van der Waals surface area contributed by atoms with Crippen LogP contribution >= 0.6 is 0 Å². The zero-order valence-corrected chi connectivity index (χ0v) is 15.6. The van der Waals surface area contributed by atoms with Gasteiger partial charge in [0.15, 0.2) is 0 Å². The van der Waals surface area contributed by atoms with Crippen molar-refractivity contribution in [2.75, 3.05) is 33.8 Å². The first-order valence-electron chi connectivity index (χ1n) is 9.60. The minimum atomic E-state index is 0.0984. The quantitative estimate of drug-likeness (QED) is 0.885. The van der Waals surface area contributed by atoms with Crippen LogP contribution in [0.3, 0.4) is 0 Å². The van der Waals surface area contributed by atoms with Crippen molar-refractivity contribution in [1.82, 2.24) is 20.0 Å². The van der Waals surface area contributed by atoms with Crippen LogP contribution in [0.25, 0.3) is 0 Å². The Morgan fingerprint density at radius 2 is 2.04 bits per heavy atom. The van der Waals surface area contributed by atoms with Gasteiger partial charge in [-0.1, -0.05) is 0 Å². The maximum Gasteiger partial charge on any atom is 0.272 e. The number of carbonyl (C=O) groups excluding carboxylic acids is 1. The largest absolute Gasteiger partial charge is 0.376 e. The number of aromatic nitrogens is 2. The van der Waals surface area contributed by atoms with E-state index < -0.39 is 0 Å². The summed E-state index contributed by atoms with van der Waals surface area (Å²) in [7, 11) is 4.31. The van der Waals surface area contributed by atoms with Crippen molar-refractivity contribution < 1.29 is 9.53 Å². The maximum atomic E-state index is 12.8. The third kappa shape index (κ3) is 3.47. The molecule has 0 radical (unpaired) electrons. The van der Waals surface area contributed by atoms with Crippen molar-refractivity contribution in [2.24, 2.45) is 17.8 Å². The zero-order valence-electron chi connectivity index (χ0n) is 15.6. The Morgan fingerprint density at radius 1 is 1.32 bits per heavy atom. The molecule has 4 rings (SSSR count). The normalized spacial score (nSPS) is 32.2. The Morgan fingerprint density at radius 3 is 2.64 bits per heavy atom. The maximum absolute atomic E-state index is 12.8. The van der Waals surface area contributed by atoms with Crippen molar-refractivity contribution in [3.63, 3.8) is 0 Å². The molecule has 2 saturated carbocycles. The standard InChI is InChI=1S/C19H30N4O2/c1-12-8-20-21-18(12)19(24)23-9-14-6-16(22(2)3)17(7-15(14)10-23)25-11-13-4-5-13/h8,13-17H,4-7,9-11H2,1-3H3,(H,20,21)/t14-,15+,16-,17-/m1/s1. The summed E-state index contributed by atoms with van der Waals surface area (Å²) in [5.74, 6) is 2.04. The summed E-state index contributed by atoms with van der Waals surface area (Å²) >= 11 is 0. The highest BCUT2D eigenvalue weighted by Gasteiger charge is 2.45. The molecule has 1 aromatic rings. The van der Waals surface area contributed by atoms with Gasteiger partial charge < -0.3 is 14.5 Å². The predicted molar refractivity (Wildman–Crippen MR) is 95.4 cm³/mol. The number of amides is 1. The summed E-state index contributed by atoms with van der Waals surface area (Å²) in [6.07, 6.45) is 6.89. The number of nitrogens with zero attached hydrogens (tertiary/aromatic N) is 3.